The van der Waals surface area contributed by atoms with E-state index in [0.717, 1.165) is 31.3 Å². The van der Waals surface area contributed by atoms with Crippen LogP contribution in [0.1, 0.15) is 45.4 Å². The van der Waals surface area contributed by atoms with Crippen LogP contribution in [0.25, 0.3) is 0 Å². The summed E-state index contributed by atoms with van der Waals surface area (Å²) in [5.41, 5.74) is 0. The number of carbonyl (C=O) groups is 1. The molecule has 3 unspecified atom stereocenters. The fourth-order valence-corrected chi connectivity index (χ4v) is 3.56. The number of carboxylic acid groups (broad SMARTS) is 1. The van der Waals surface area contributed by atoms with Gasteiger partial charge in [0, 0.05) is 0 Å². The molecule has 3 atom stereocenters. The second-order valence-electron chi connectivity index (χ2n) is 5.94. The molecule has 0 aromatic carbocycles. The minimum atomic E-state index is -0.638. The molecule has 18 heavy (non-hydrogen) atoms. The molecule has 2 aliphatic rings. The van der Waals surface area contributed by atoms with Crippen LogP contribution in [-0.4, -0.2) is 24.2 Å². The van der Waals surface area contributed by atoms with Crippen molar-refractivity contribution in [2.75, 3.05) is 13.1 Å². The van der Waals surface area contributed by atoms with E-state index in [-0.39, 0.29) is 18.3 Å². The van der Waals surface area contributed by atoms with Gasteiger partial charge < -0.3 is 10.4 Å². The number of halogens is 1. The normalized spacial score (nSPS) is 31.4. The summed E-state index contributed by atoms with van der Waals surface area (Å²) in [6, 6.07) is 0. The predicted octanol–water partition coefficient (Wildman–Crippen LogP) is 2.93. The van der Waals surface area contributed by atoms with E-state index in [1.54, 1.807) is 0 Å². The van der Waals surface area contributed by atoms with Crippen LogP contribution in [0.3, 0.4) is 0 Å². The van der Waals surface area contributed by atoms with E-state index in [1.165, 1.54) is 32.1 Å². The minimum Gasteiger partial charge on any atom is -0.481 e. The molecule has 0 aromatic heterocycles. The Morgan fingerprint density at radius 3 is 2.44 bits per heavy atom. The Morgan fingerprint density at radius 2 is 1.83 bits per heavy atom. The Bertz CT molecular complexity index is 267. The van der Waals surface area contributed by atoms with Gasteiger partial charge in [0.15, 0.2) is 0 Å². The first-order valence-electron chi connectivity index (χ1n) is 7.12. The molecule has 0 spiro atoms. The van der Waals surface area contributed by atoms with Crippen LogP contribution in [0.15, 0.2) is 0 Å². The molecule has 2 rings (SSSR count). The molecule has 3 nitrogen and oxygen atoms in total. The number of aliphatic carboxylic acids is 1. The first-order valence-corrected chi connectivity index (χ1v) is 7.12. The van der Waals surface area contributed by atoms with Gasteiger partial charge in [-0.25, -0.2) is 0 Å². The monoisotopic (exact) mass is 275 g/mol. The topological polar surface area (TPSA) is 49.3 Å². The summed E-state index contributed by atoms with van der Waals surface area (Å²) in [7, 11) is 0. The number of hydrogen-bond acceptors (Lipinski definition) is 2. The van der Waals surface area contributed by atoms with E-state index in [2.05, 4.69) is 5.32 Å². The van der Waals surface area contributed by atoms with Crippen LogP contribution >= 0.6 is 12.4 Å². The lowest BCUT2D eigenvalue weighted by atomic mass is 9.72. The highest BCUT2D eigenvalue weighted by Crippen LogP contribution is 2.36. The molecular formula is C14H26ClNO2. The summed E-state index contributed by atoms with van der Waals surface area (Å²) in [6.07, 6.45) is 7.98. The maximum absolute atomic E-state index is 11.1. The fourth-order valence-electron chi connectivity index (χ4n) is 3.56. The zero-order valence-corrected chi connectivity index (χ0v) is 12.0. The minimum absolute atomic E-state index is 0. The molecule has 0 radical (unpaired) electrons. The molecule has 1 aliphatic heterocycles. The predicted molar refractivity (Wildman–Crippen MR) is 75.1 cm³/mol. The highest BCUT2D eigenvalue weighted by Gasteiger charge is 2.33. The molecule has 1 aliphatic carbocycles. The molecule has 106 valence electrons. The third-order valence-corrected chi connectivity index (χ3v) is 4.83. The van der Waals surface area contributed by atoms with Crippen LogP contribution < -0.4 is 5.32 Å². The van der Waals surface area contributed by atoms with Gasteiger partial charge in [0.25, 0.3) is 0 Å². The third-order valence-electron chi connectivity index (χ3n) is 4.83. The second kappa shape index (κ2) is 7.34. The largest absolute Gasteiger partial charge is 0.481 e. The molecule has 0 bridgehead atoms. The van der Waals surface area contributed by atoms with Gasteiger partial charge in [0.05, 0.1) is 5.92 Å². The van der Waals surface area contributed by atoms with Crippen LogP contribution in [0.4, 0.5) is 0 Å². The highest BCUT2D eigenvalue weighted by molar-refractivity contribution is 5.85. The van der Waals surface area contributed by atoms with Gasteiger partial charge in [-0.05, 0) is 37.3 Å². The fraction of sp³-hybridized carbons (Fsp3) is 0.929. The van der Waals surface area contributed by atoms with Gasteiger partial charge in [-0.1, -0.05) is 39.0 Å². The number of hydrogen-bond donors (Lipinski definition) is 2. The van der Waals surface area contributed by atoms with Crippen molar-refractivity contribution < 1.29 is 9.90 Å². The summed E-state index contributed by atoms with van der Waals surface area (Å²) in [5.74, 6) is 1.05. The van der Waals surface area contributed by atoms with E-state index in [1.807, 2.05) is 6.92 Å². The van der Waals surface area contributed by atoms with Gasteiger partial charge in [-0.3, -0.25) is 4.79 Å². The Balaban J connectivity index is 0.00000162. The van der Waals surface area contributed by atoms with Crippen molar-refractivity contribution in [2.24, 2.45) is 23.7 Å². The molecule has 0 aromatic rings. The molecule has 4 heteroatoms. The second-order valence-corrected chi connectivity index (χ2v) is 5.94. The lowest BCUT2D eigenvalue weighted by Crippen LogP contribution is -2.43. The van der Waals surface area contributed by atoms with E-state index in [0.29, 0.717) is 5.92 Å². The maximum atomic E-state index is 11.1. The lowest BCUT2D eigenvalue weighted by molar-refractivity contribution is -0.143. The average Bonchev–Trinajstić information content (AvgIpc) is 2.39. The quantitative estimate of drug-likeness (QED) is 0.833. The van der Waals surface area contributed by atoms with Crippen molar-refractivity contribution in [2.45, 2.75) is 45.4 Å². The number of rotatable bonds is 3. The summed E-state index contributed by atoms with van der Waals surface area (Å²) in [4.78, 5) is 11.1. The molecular weight excluding hydrogens is 250 g/mol. The van der Waals surface area contributed by atoms with Gasteiger partial charge in [0.1, 0.15) is 0 Å². The van der Waals surface area contributed by atoms with Gasteiger partial charge in [-0.2, -0.15) is 0 Å². The summed E-state index contributed by atoms with van der Waals surface area (Å²) in [5, 5.41) is 12.6. The van der Waals surface area contributed by atoms with Crippen molar-refractivity contribution >= 4 is 18.4 Å². The molecule has 2 fully saturated rings. The number of carboxylic acids is 1. The number of piperidine rings is 1. The van der Waals surface area contributed by atoms with Crippen molar-refractivity contribution in [1.29, 1.82) is 0 Å². The number of nitrogens with one attached hydrogen (secondary N) is 1. The Morgan fingerprint density at radius 1 is 1.17 bits per heavy atom. The van der Waals surface area contributed by atoms with Crippen LogP contribution in [0, 0.1) is 23.7 Å². The maximum Gasteiger partial charge on any atom is 0.306 e. The molecule has 0 amide bonds. The van der Waals surface area contributed by atoms with Crippen LogP contribution in [0.2, 0.25) is 0 Å². The molecule has 2 N–H and O–H groups in total. The standard InChI is InChI=1S/C14H25NO2.ClH/c1-10(14(16)17)12-7-13(9-15-8-12)11-5-3-2-4-6-11;/h10-13,15H,2-9H2,1H3,(H,16,17);1H. The Labute approximate surface area is 116 Å². The SMILES string of the molecule is CC(C(=O)O)C1CNCC(C2CCCCC2)C1.Cl. The highest BCUT2D eigenvalue weighted by atomic mass is 35.5. The van der Waals surface area contributed by atoms with Crippen molar-refractivity contribution in [3.63, 3.8) is 0 Å². The smallest absolute Gasteiger partial charge is 0.306 e. The van der Waals surface area contributed by atoms with Crippen molar-refractivity contribution in [1.82, 2.24) is 5.32 Å². The zero-order valence-electron chi connectivity index (χ0n) is 11.2. The van der Waals surface area contributed by atoms with Crippen LogP contribution in [0.5, 0.6) is 0 Å². The van der Waals surface area contributed by atoms with E-state index < -0.39 is 5.97 Å². The molecule has 1 saturated carbocycles. The van der Waals surface area contributed by atoms with Gasteiger partial charge in [-0.15, -0.1) is 12.4 Å². The average molecular weight is 276 g/mol. The summed E-state index contributed by atoms with van der Waals surface area (Å²) >= 11 is 0. The molecule has 1 heterocycles. The Kier molecular flexibility index (Phi) is 6.44. The summed E-state index contributed by atoms with van der Waals surface area (Å²) in [6.45, 7) is 3.85. The summed E-state index contributed by atoms with van der Waals surface area (Å²) < 4.78 is 0. The van der Waals surface area contributed by atoms with E-state index >= 15 is 0 Å². The van der Waals surface area contributed by atoms with Gasteiger partial charge >= 0.3 is 5.97 Å². The zero-order chi connectivity index (χ0) is 12.3. The van der Waals surface area contributed by atoms with Gasteiger partial charge in [0.2, 0.25) is 0 Å². The first kappa shape index (κ1) is 15.8. The van der Waals surface area contributed by atoms with E-state index in [9.17, 15) is 4.79 Å². The Hall–Kier alpha value is -0.280. The van der Waals surface area contributed by atoms with E-state index in [4.69, 9.17) is 5.11 Å². The van der Waals surface area contributed by atoms with Crippen molar-refractivity contribution in [3.05, 3.63) is 0 Å². The third kappa shape index (κ3) is 3.86. The lowest BCUT2D eigenvalue weighted by Gasteiger charge is -2.38. The van der Waals surface area contributed by atoms with Crippen LogP contribution in [-0.2, 0) is 4.79 Å². The molecule has 1 saturated heterocycles. The first-order chi connectivity index (χ1) is 8.18. The van der Waals surface area contributed by atoms with Crippen molar-refractivity contribution in [3.8, 4) is 0 Å².